The average molecular weight is 353 g/mol. The highest BCUT2D eigenvalue weighted by atomic mass is 16.2. The van der Waals surface area contributed by atoms with Crippen molar-refractivity contribution in [2.75, 3.05) is 11.4 Å². The Labute approximate surface area is 151 Å². The number of aromatic nitrogens is 3. The number of aryl methyl sites for hydroxylation is 2. The number of amides is 1. The molecule has 2 aromatic heterocycles. The fourth-order valence-corrected chi connectivity index (χ4v) is 3.97. The third kappa shape index (κ3) is 2.87. The predicted molar refractivity (Wildman–Crippen MR) is 98.3 cm³/mol. The summed E-state index contributed by atoms with van der Waals surface area (Å²) in [5, 5.41) is 2.83. The van der Waals surface area contributed by atoms with Crippen LogP contribution >= 0.6 is 0 Å². The molecule has 26 heavy (non-hydrogen) atoms. The summed E-state index contributed by atoms with van der Waals surface area (Å²) in [7, 11) is 0. The molecule has 1 saturated carbocycles. The Morgan fingerprint density at radius 2 is 2.15 bits per heavy atom. The number of rotatable bonds is 4. The summed E-state index contributed by atoms with van der Waals surface area (Å²) in [4.78, 5) is 38.4. The molecule has 136 valence electrons. The van der Waals surface area contributed by atoms with Gasteiger partial charge in [0.1, 0.15) is 17.8 Å². The number of hydrogen-bond donors (Lipinski definition) is 2. The molecule has 1 aliphatic heterocycles. The van der Waals surface area contributed by atoms with E-state index in [0.717, 1.165) is 35.1 Å². The van der Waals surface area contributed by atoms with E-state index in [1.807, 2.05) is 26.8 Å². The topological polar surface area (TPSA) is 91.0 Å². The van der Waals surface area contributed by atoms with Crippen molar-refractivity contribution in [1.82, 2.24) is 20.3 Å². The first-order chi connectivity index (χ1) is 12.5. The Morgan fingerprint density at radius 3 is 2.81 bits per heavy atom. The summed E-state index contributed by atoms with van der Waals surface area (Å²) >= 11 is 0. The summed E-state index contributed by atoms with van der Waals surface area (Å²) in [5.41, 5.74) is 3.25. The predicted octanol–water partition coefficient (Wildman–Crippen LogP) is 1.62. The summed E-state index contributed by atoms with van der Waals surface area (Å²) in [5.74, 6) is 1.37. The minimum absolute atomic E-state index is 0.167. The second-order valence-corrected chi connectivity index (χ2v) is 7.34. The van der Waals surface area contributed by atoms with E-state index in [2.05, 4.69) is 25.2 Å². The van der Waals surface area contributed by atoms with Crippen LogP contribution in [0, 0.1) is 26.7 Å². The minimum Gasteiger partial charge on any atom is -0.353 e. The molecule has 7 heteroatoms. The molecule has 1 aliphatic carbocycles. The van der Waals surface area contributed by atoms with Crippen LogP contribution in [-0.4, -0.2) is 33.4 Å². The Morgan fingerprint density at radius 1 is 1.35 bits per heavy atom. The van der Waals surface area contributed by atoms with Gasteiger partial charge in [-0.25, -0.2) is 9.97 Å². The molecule has 2 fully saturated rings. The smallest absolute Gasteiger partial charge is 0.270 e. The Balaban J connectivity index is 1.53. The van der Waals surface area contributed by atoms with E-state index >= 15 is 0 Å². The third-order valence-electron chi connectivity index (χ3n) is 5.49. The van der Waals surface area contributed by atoms with E-state index in [-0.39, 0.29) is 18.0 Å². The summed E-state index contributed by atoms with van der Waals surface area (Å²) in [6.07, 6.45) is 3.88. The number of aromatic amines is 1. The number of anilines is 1. The number of nitrogens with one attached hydrogen (secondary N) is 2. The highest BCUT2D eigenvalue weighted by Crippen LogP contribution is 2.46. The number of carbonyl (C=O) groups is 1. The number of hydrogen-bond acceptors (Lipinski definition) is 5. The third-order valence-corrected chi connectivity index (χ3v) is 5.49. The van der Waals surface area contributed by atoms with Crippen molar-refractivity contribution in [3.05, 3.63) is 50.8 Å². The van der Waals surface area contributed by atoms with Gasteiger partial charge in [0.05, 0.1) is 0 Å². The highest BCUT2D eigenvalue weighted by Gasteiger charge is 2.47. The first-order valence-electron chi connectivity index (χ1n) is 9.01. The molecule has 1 amide bonds. The molecule has 2 atom stereocenters. The van der Waals surface area contributed by atoms with Crippen LogP contribution in [0.4, 0.5) is 5.82 Å². The van der Waals surface area contributed by atoms with Crippen molar-refractivity contribution in [3.63, 3.8) is 0 Å². The Kier molecular flexibility index (Phi) is 4.01. The monoisotopic (exact) mass is 353 g/mol. The lowest BCUT2D eigenvalue weighted by atomic mass is 10.1. The molecule has 0 spiro atoms. The molecule has 0 unspecified atom stereocenters. The fourth-order valence-electron chi connectivity index (χ4n) is 3.97. The standard InChI is InChI=1S/C19H23N5O2/c1-10-6-11(2)23-18(25)14(10)8-20-19(26)16-12(3)17(22-9-21-16)24-5-4-13-7-15(13)24/h6,9,13,15H,4-5,7-8H2,1-3H3,(H,20,26)(H,23,25)/t13-,15+/m0/s1. The first-order valence-corrected chi connectivity index (χ1v) is 9.01. The molecular formula is C19H23N5O2. The Bertz CT molecular complexity index is 936. The molecule has 0 radical (unpaired) electrons. The molecule has 2 aliphatic rings. The number of fused-ring (bicyclic) bond motifs is 1. The largest absolute Gasteiger partial charge is 0.353 e. The highest BCUT2D eigenvalue weighted by molar-refractivity contribution is 5.94. The zero-order chi connectivity index (χ0) is 18.4. The molecule has 0 bridgehead atoms. The maximum Gasteiger partial charge on any atom is 0.270 e. The van der Waals surface area contributed by atoms with Crippen LogP contribution < -0.4 is 15.8 Å². The van der Waals surface area contributed by atoms with Crippen molar-refractivity contribution in [2.24, 2.45) is 5.92 Å². The van der Waals surface area contributed by atoms with Gasteiger partial charge in [0.15, 0.2) is 0 Å². The number of nitrogens with zero attached hydrogens (tertiary/aromatic N) is 3. The summed E-state index contributed by atoms with van der Waals surface area (Å²) in [6, 6.07) is 2.48. The van der Waals surface area contributed by atoms with Gasteiger partial charge in [0, 0.05) is 36.0 Å². The fraction of sp³-hybridized carbons (Fsp3) is 0.474. The van der Waals surface area contributed by atoms with Gasteiger partial charge in [-0.05, 0) is 51.2 Å². The van der Waals surface area contributed by atoms with E-state index in [0.29, 0.717) is 17.3 Å². The van der Waals surface area contributed by atoms with Crippen LogP contribution in [0.2, 0.25) is 0 Å². The van der Waals surface area contributed by atoms with Gasteiger partial charge in [-0.15, -0.1) is 0 Å². The van der Waals surface area contributed by atoms with E-state index in [1.54, 1.807) is 0 Å². The molecule has 2 N–H and O–H groups in total. The van der Waals surface area contributed by atoms with E-state index in [1.165, 1.54) is 19.2 Å². The van der Waals surface area contributed by atoms with Crippen molar-refractivity contribution < 1.29 is 4.79 Å². The number of pyridine rings is 1. The van der Waals surface area contributed by atoms with Crippen LogP contribution in [-0.2, 0) is 6.54 Å². The maximum atomic E-state index is 12.7. The molecular weight excluding hydrogens is 330 g/mol. The molecule has 7 nitrogen and oxygen atoms in total. The lowest BCUT2D eigenvalue weighted by Gasteiger charge is -2.21. The van der Waals surface area contributed by atoms with Crippen LogP contribution in [0.3, 0.4) is 0 Å². The van der Waals surface area contributed by atoms with Crippen LogP contribution in [0.5, 0.6) is 0 Å². The quantitative estimate of drug-likeness (QED) is 0.872. The number of H-pyrrole nitrogens is 1. The van der Waals surface area contributed by atoms with Gasteiger partial charge in [0.2, 0.25) is 0 Å². The maximum absolute atomic E-state index is 12.7. The van der Waals surface area contributed by atoms with Gasteiger partial charge in [-0.2, -0.15) is 0 Å². The second kappa shape index (κ2) is 6.23. The van der Waals surface area contributed by atoms with Gasteiger partial charge < -0.3 is 15.2 Å². The normalized spacial score (nSPS) is 20.8. The van der Waals surface area contributed by atoms with Crippen molar-refractivity contribution in [2.45, 2.75) is 46.2 Å². The molecule has 0 aromatic carbocycles. The zero-order valence-electron chi connectivity index (χ0n) is 15.3. The minimum atomic E-state index is -0.280. The van der Waals surface area contributed by atoms with Gasteiger partial charge in [-0.1, -0.05) is 0 Å². The van der Waals surface area contributed by atoms with Crippen molar-refractivity contribution in [1.29, 1.82) is 0 Å². The number of carbonyl (C=O) groups excluding carboxylic acids is 1. The second-order valence-electron chi connectivity index (χ2n) is 7.34. The van der Waals surface area contributed by atoms with Gasteiger partial charge >= 0.3 is 0 Å². The molecule has 4 rings (SSSR count). The lowest BCUT2D eigenvalue weighted by Crippen LogP contribution is -2.30. The number of piperidine rings is 1. The van der Waals surface area contributed by atoms with Crippen LogP contribution in [0.25, 0.3) is 0 Å². The molecule has 3 heterocycles. The van der Waals surface area contributed by atoms with Gasteiger partial charge in [0.25, 0.3) is 11.5 Å². The lowest BCUT2D eigenvalue weighted by molar-refractivity contribution is 0.0945. The average Bonchev–Trinajstić information content (AvgIpc) is 3.25. The summed E-state index contributed by atoms with van der Waals surface area (Å²) < 4.78 is 0. The molecule has 1 saturated heterocycles. The van der Waals surface area contributed by atoms with Crippen molar-refractivity contribution in [3.8, 4) is 0 Å². The first kappa shape index (κ1) is 16.8. The van der Waals surface area contributed by atoms with Crippen molar-refractivity contribution >= 4 is 11.7 Å². The SMILES string of the molecule is Cc1cc(C)c(CNC(=O)c2ncnc(N3CC[C@H]4C[C@H]43)c2C)c(=O)[nH]1. The van der Waals surface area contributed by atoms with Gasteiger partial charge in [-0.3, -0.25) is 9.59 Å². The van der Waals surface area contributed by atoms with E-state index in [9.17, 15) is 9.59 Å². The van der Waals surface area contributed by atoms with Crippen LogP contribution in [0.15, 0.2) is 17.2 Å². The zero-order valence-corrected chi connectivity index (χ0v) is 15.3. The molecule has 2 aromatic rings. The summed E-state index contributed by atoms with van der Waals surface area (Å²) in [6.45, 7) is 6.77. The van der Waals surface area contributed by atoms with E-state index < -0.39 is 0 Å². The van der Waals surface area contributed by atoms with Crippen LogP contribution in [0.1, 0.15) is 45.7 Å². The Hall–Kier alpha value is -2.70. The van der Waals surface area contributed by atoms with E-state index in [4.69, 9.17) is 0 Å².